The molecule has 0 bridgehead atoms. The van der Waals surface area contributed by atoms with Crippen LogP contribution in [0.5, 0.6) is 0 Å². The highest BCUT2D eigenvalue weighted by Crippen LogP contribution is 2.28. The standard InChI is InChI=1S/C16H19NO/c1-12-8-9-17-11-15(12)16(18)10-13(2)14-6-4-3-5-7-14/h3-9,11,13,16,18H,10H2,1-2H3. The number of pyridine rings is 1. The first-order valence-electron chi connectivity index (χ1n) is 6.32. The zero-order chi connectivity index (χ0) is 13.0. The average molecular weight is 241 g/mol. The molecular formula is C16H19NO. The SMILES string of the molecule is Cc1ccncc1C(O)CC(C)c1ccccc1. The van der Waals surface area contributed by atoms with Gasteiger partial charge in [-0.3, -0.25) is 4.98 Å². The van der Waals surface area contributed by atoms with E-state index in [1.54, 1.807) is 12.4 Å². The summed E-state index contributed by atoms with van der Waals surface area (Å²) in [4.78, 5) is 4.09. The summed E-state index contributed by atoms with van der Waals surface area (Å²) < 4.78 is 0. The Balaban J connectivity index is 2.08. The van der Waals surface area contributed by atoms with Crippen molar-refractivity contribution in [3.05, 3.63) is 65.5 Å². The zero-order valence-corrected chi connectivity index (χ0v) is 10.9. The second kappa shape index (κ2) is 5.78. The van der Waals surface area contributed by atoms with E-state index in [9.17, 15) is 5.11 Å². The van der Waals surface area contributed by atoms with Crippen molar-refractivity contribution < 1.29 is 5.11 Å². The van der Waals surface area contributed by atoms with Crippen molar-refractivity contribution in [2.45, 2.75) is 32.3 Å². The van der Waals surface area contributed by atoms with Crippen LogP contribution in [0, 0.1) is 6.92 Å². The van der Waals surface area contributed by atoms with Crippen LogP contribution in [0.25, 0.3) is 0 Å². The molecule has 1 aromatic carbocycles. The first-order chi connectivity index (χ1) is 8.68. The lowest BCUT2D eigenvalue weighted by atomic mass is 9.91. The van der Waals surface area contributed by atoms with E-state index in [0.29, 0.717) is 5.92 Å². The molecule has 1 heterocycles. The Morgan fingerprint density at radius 1 is 1.17 bits per heavy atom. The number of aromatic nitrogens is 1. The maximum Gasteiger partial charge on any atom is 0.0813 e. The molecule has 0 radical (unpaired) electrons. The highest BCUT2D eigenvalue weighted by molar-refractivity contribution is 5.25. The average Bonchev–Trinajstić information content (AvgIpc) is 2.40. The van der Waals surface area contributed by atoms with Gasteiger partial charge in [0.15, 0.2) is 0 Å². The Labute approximate surface area is 108 Å². The van der Waals surface area contributed by atoms with E-state index in [1.165, 1.54) is 5.56 Å². The Bertz CT molecular complexity index is 495. The first kappa shape index (κ1) is 12.8. The third-order valence-electron chi connectivity index (χ3n) is 3.38. The summed E-state index contributed by atoms with van der Waals surface area (Å²) in [5.74, 6) is 0.334. The van der Waals surface area contributed by atoms with E-state index in [-0.39, 0.29) is 0 Å². The van der Waals surface area contributed by atoms with Gasteiger partial charge < -0.3 is 5.11 Å². The van der Waals surface area contributed by atoms with Crippen LogP contribution in [0.2, 0.25) is 0 Å². The molecule has 2 heteroatoms. The minimum Gasteiger partial charge on any atom is -0.388 e. The highest BCUT2D eigenvalue weighted by Gasteiger charge is 2.15. The van der Waals surface area contributed by atoms with Crippen LogP contribution < -0.4 is 0 Å². The van der Waals surface area contributed by atoms with E-state index in [1.807, 2.05) is 31.2 Å². The van der Waals surface area contributed by atoms with Gasteiger partial charge in [-0.2, -0.15) is 0 Å². The van der Waals surface area contributed by atoms with Crippen molar-refractivity contribution in [1.82, 2.24) is 4.98 Å². The van der Waals surface area contributed by atoms with Gasteiger partial charge in [0, 0.05) is 18.0 Å². The van der Waals surface area contributed by atoms with E-state index in [4.69, 9.17) is 0 Å². The molecule has 0 fully saturated rings. The van der Waals surface area contributed by atoms with Gasteiger partial charge in [0.25, 0.3) is 0 Å². The summed E-state index contributed by atoms with van der Waals surface area (Å²) >= 11 is 0. The zero-order valence-electron chi connectivity index (χ0n) is 10.9. The van der Waals surface area contributed by atoms with Gasteiger partial charge in [0.05, 0.1) is 6.10 Å². The molecule has 1 N–H and O–H groups in total. The van der Waals surface area contributed by atoms with Gasteiger partial charge in [-0.25, -0.2) is 0 Å². The summed E-state index contributed by atoms with van der Waals surface area (Å²) in [5.41, 5.74) is 3.29. The van der Waals surface area contributed by atoms with Crippen LogP contribution in [0.4, 0.5) is 0 Å². The molecule has 0 saturated carbocycles. The summed E-state index contributed by atoms with van der Waals surface area (Å²) in [5, 5.41) is 10.3. The minimum atomic E-state index is -0.450. The lowest BCUT2D eigenvalue weighted by molar-refractivity contribution is 0.158. The van der Waals surface area contributed by atoms with Gasteiger partial charge in [-0.1, -0.05) is 37.3 Å². The molecule has 2 atom stereocenters. The monoisotopic (exact) mass is 241 g/mol. The predicted octanol–water partition coefficient (Wildman–Crippen LogP) is 3.62. The molecular weight excluding hydrogens is 222 g/mol. The smallest absolute Gasteiger partial charge is 0.0813 e. The number of hydrogen-bond acceptors (Lipinski definition) is 2. The maximum absolute atomic E-state index is 10.3. The quantitative estimate of drug-likeness (QED) is 0.887. The highest BCUT2D eigenvalue weighted by atomic mass is 16.3. The number of benzene rings is 1. The summed E-state index contributed by atoms with van der Waals surface area (Å²) in [6, 6.07) is 12.2. The molecule has 0 spiro atoms. The Hall–Kier alpha value is -1.67. The van der Waals surface area contributed by atoms with Crippen LogP contribution in [0.15, 0.2) is 48.8 Å². The van der Waals surface area contributed by atoms with Crippen molar-refractivity contribution in [2.24, 2.45) is 0 Å². The van der Waals surface area contributed by atoms with Crippen LogP contribution in [0.1, 0.15) is 42.1 Å². The lowest BCUT2D eigenvalue weighted by Crippen LogP contribution is -2.05. The fourth-order valence-corrected chi connectivity index (χ4v) is 2.20. The fraction of sp³-hybridized carbons (Fsp3) is 0.312. The Morgan fingerprint density at radius 3 is 2.56 bits per heavy atom. The third kappa shape index (κ3) is 2.96. The number of aliphatic hydroxyl groups is 1. The van der Waals surface area contributed by atoms with Crippen molar-refractivity contribution in [3.8, 4) is 0 Å². The number of nitrogens with zero attached hydrogens (tertiary/aromatic N) is 1. The summed E-state index contributed by atoms with van der Waals surface area (Å²) in [6.45, 7) is 4.15. The molecule has 0 amide bonds. The van der Waals surface area contributed by atoms with Crippen molar-refractivity contribution in [3.63, 3.8) is 0 Å². The van der Waals surface area contributed by atoms with Gasteiger partial charge in [-0.15, -0.1) is 0 Å². The molecule has 18 heavy (non-hydrogen) atoms. The molecule has 2 aromatic rings. The van der Waals surface area contributed by atoms with Crippen molar-refractivity contribution >= 4 is 0 Å². The Morgan fingerprint density at radius 2 is 1.89 bits per heavy atom. The molecule has 0 aliphatic heterocycles. The molecule has 2 rings (SSSR count). The van der Waals surface area contributed by atoms with Crippen molar-refractivity contribution in [1.29, 1.82) is 0 Å². The topological polar surface area (TPSA) is 33.1 Å². The van der Waals surface area contributed by atoms with Crippen LogP contribution >= 0.6 is 0 Å². The normalized spacial score (nSPS) is 14.2. The van der Waals surface area contributed by atoms with E-state index < -0.39 is 6.10 Å². The Kier molecular flexibility index (Phi) is 4.11. The molecule has 0 aliphatic carbocycles. The largest absolute Gasteiger partial charge is 0.388 e. The molecule has 1 aromatic heterocycles. The molecule has 2 unspecified atom stereocenters. The number of hydrogen-bond donors (Lipinski definition) is 1. The lowest BCUT2D eigenvalue weighted by Gasteiger charge is -2.18. The fourth-order valence-electron chi connectivity index (χ4n) is 2.20. The molecule has 0 aliphatic rings. The van der Waals surface area contributed by atoms with Gasteiger partial charge in [-0.05, 0) is 36.5 Å². The van der Waals surface area contributed by atoms with E-state index >= 15 is 0 Å². The molecule has 2 nitrogen and oxygen atoms in total. The van der Waals surface area contributed by atoms with Crippen LogP contribution in [-0.2, 0) is 0 Å². The van der Waals surface area contributed by atoms with Gasteiger partial charge in [0.2, 0.25) is 0 Å². The molecule has 94 valence electrons. The number of aryl methyl sites for hydroxylation is 1. The summed E-state index contributed by atoms with van der Waals surface area (Å²) in [6.07, 6.45) is 3.79. The number of aliphatic hydroxyl groups excluding tert-OH is 1. The van der Waals surface area contributed by atoms with E-state index in [2.05, 4.69) is 24.0 Å². The number of rotatable bonds is 4. The molecule has 0 saturated heterocycles. The van der Waals surface area contributed by atoms with Crippen LogP contribution in [-0.4, -0.2) is 10.1 Å². The van der Waals surface area contributed by atoms with E-state index in [0.717, 1.165) is 17.5 Å². The predicted molar refractivity (Wildman–Crippen MR) is 73.4 cm³/mol. The van der Waals surface area contributed by atoms with Crippen LogP contribution in [0.3, 0.4) is 0 Å². The summed E-state index contributed by atoms with van der Waals surface area (Å²) in [7, 11) is 0. The minimum absolute atomic E-state index is 0.334. The van der Waals surface area contributed by atoms with Gasteiger partial charge >= 0.3 is 0 Å². The first-order valence-corrected chi connectivity index (χ1v) is 6.32. The third-order valence-corrected chi connectivity index (χ3v) is 3.38. The maximum atomic E-state index is 10.3. The second-order valence-electron chi connectivity index (χ2n) is 4.80. The van der Waals surface area contributed by atoms with Crippen molar-refractivity contribution in [2.75, 3.05) is 0 Å². The second-order valence-corrected chi connectivity index (χ2v) is 4.80. The van der Waals surface area contributed by atoms with Gasteiger partial charge in [0.1, 0.15) is 0 Å².